The van der Waals surface area contributed by atoms with Crippen LogP contribution in [0.1, 0.15) is 17.3 Å². The summed E-state index contributed by atoms with van der Waals surface area (Å²) in [6.07, 6.45) is 1.63. The first kappa shape index (κ1) is 18.5. The standard InChI is InChI=1S/C19H23N5O3/c1-2-27-18(25)15-5-3-4-6-16(15)22-19(26)24-11-9-23(10-12-24)17-8-7-14(20)13-21-17/h3-8,13H,2,9-12,20H2,1H3,(H,22,26). The number of carbonyl (C=O) groups is 2. The molecule has 0 bridgehead atoms. The number of hydrogen-bond donors (Lipinski definition) is 2. The fraction of sp³-hybridized carbons (Fsp3) is 0.316. The van der Waals surface area contributed by atoms with Crippen LogP contribution in [0.4, 0.5) is 22.0 Å². The summed E-state index contributed by atoms with van der Waals surface area (Å²) in [5.74, 6) is 0.393. The summed E-state index contributed by atoms with van der Waals surface area (Å²) in [4.78, 5) is 32.8. The molecule has 2 heterocycles. The Balaban J connectivity index is 1.60. The topological polar surface area (TPSA) is 101 Å². The van der Waals surface area contributed by atoms with E-state index in [0.717, 1.165) is 5.82 Å². The van der Waals surface area contributed by atoms with Gasteiger partial charge in [-0.2, -0.15) is 0 Å². The van der Waals surface area contributed by atoms with Crippen molar-refractivity contribution in [3.05, 3.63) is 48.2 Å². The average Bonchev–Trinajstić information content (AvgIpc) is 2.69. The number of hydrogen-bond acceptors (Lipinski definition) is 6. The molecule has 0 saturated carbocycles. The summed E-state index contributed by atoms with van der Waals surface area (Å²) in [5.41, 5.74) is 7.08. The number of piperazine rings is 1. The Morgan fingerprint density at radius 2 is 1.89 bits per heavy atom. The maximum absolute atomic E-state index is 12.6. The number of nitrogens with zero attached hydrogens (tertiary/aromatic N) is 3. The van der Waals surface area contributed by atoms with E-state index in [1.165, 1.54) is 0 Å². The number of anilines is 3. The fourth-order valence-corrected chi connectivity index (χ4v) is 2.90. The maximum atomic E-state index is 12.6. The first-order valence-electron chi connectivity index (χ1n) is 8.87. The minimum absolute atomic E-state index is 0.239. The second-order valence-electron chi connectivity index (χ2n) is 6.12. The first-order chi connectivity index (χ1) is 13.1. The molecule has 2 aromatic rings. The van der Waals surface area contributed by atoms with Gasteiger partial charge >= 0.3 is 12.0 Å². The Morgan fingerprint density at radius 3 is 2.56 bits per heavy atom. The van der Waals surface area contributed by atoms with E-state index in [0.29, 0.717) is 43.1 Å². The summed E-state index contributed by atoms with van der Waals surface area (Å²) in [6, 6.07) is 10.3. The molecule has 2 amide bonds. The van der Waals surface area contributed by atoms with Crippen molar-refractivity contribution in [3.63, 3.8) is 0 Å². The van der Waals surface area contributed by atoms with Gasteiger partial charge in [0.05, 0.1) is 29.7 Å². The molecule has 3 N–H and O–H groups in total. The van der Waals surface area contributed by atoms with E-state index in [-0.39, 0.29) is 12.6 Å². The number of nitrogen functional groups attached to an aromatic ring is 1. The molecule has 8 heteroatoms. The molecule has 0 spiro atoms. The third-order valence-corrected chi connectivity index (χ3v) is 4.33. The number of urea groups is 1. The highest BCUT2D eigenvalue weighted by molar-refractivity contribution is 6.00. The van der Waals surface area contributed by atoms with Crippen molar-refractivity contribution in [3.8, 4) is 0 Å². The van der Waals surface area contributed by atoms with Crippen LogP contribution in [0.3, 0.4) is 0 Å². The number of benzene rings is 1. The molecule has 1 aromatic heterocycles. The number of para-hydroxylation sites is 1. The Kier molecular flexibility index (Phi) is 5.75. The van der Waals surface area contributed by atoms with Gasteiger partial charge in [0, 0.05) is 26.2 Å². The van der Waals surface area contributed by atoms with Crippen LogP contribution in [-0.4, -0.2) is 54.7 Å². The number of amides is 2. The molecule has 0 aliphatic carbocycles. The highest BCUT2D eigenvalue weighted by atomic mass is 16.5. The van der Waals surface area contributed by atoms with Crippen molar-refractivity contribution in [2.75, 3.05) is 48.7 Å². The molecule has 0 unspecified atom stereocenters. The molecule has 142 valence electrons. The normalized spacial score (nSPS) is 14.0. The summed E-state index contributed by atoms with van der Waals surface area (Å²) < 4.78 is 5.04. The molecular formula is C19H23N5O3. The SMILES string of the molecule is CCOC(=O)c1ccccc1NC(=O)N1CCN(c2ccc(N)cn2)CC1. The van der Waals surface area contributed by atoms with E-state index < -0.39 is 5.97 Å². The van der Waals surface area contributed by atoms with Crippen molar-refractivity contribution < 1.29 is 14.3 Å². The van der Waals surface area contributed by atoms with Gasteiger partial charge in [-0.1, -0.05) is 12.1 Å². The molecule has 0 atom stereocenters. The van der Waals surface area contributed by atoms with Gasteiger partial charge in [0.1, 0.15) is 5.82 Å². The van der Waals surface area contributed by atoms with Gasteiger partial charge in [0.15, 0.2) is 0 Å². The Bertz CT molecular complexity index is 801. The number of ether oxygens (including phenoxy) is 1. The quantitative estimate of drug-likeness (QED) is 0.801. The van der Waals surface area contributed by atoms with E-state index in [1.54, 1.807) is 42.3 Å². The first-order valence-corrected chi connectivity index (χ1v) is 8.87. The summed E-state index contributed by atoms with van der Waals surface area (Å²) >= 11 is 0. The van der Waals surface area contributed by atoms with Gasteiger partial charge in [0.25, 0.3) is 0 Å². The van der Waals surface area contributed by atoms with Crippen LogP contribution in [0.25, 0.3) is 0 Å². The molecular weight excluding hydrogens is 346 g/mol. The molecule has 1 aliphatic heterocycles. The molecule has 1 aliphatic rings. The van der Waals surface area contributed by atoms with Crippen molar-refractivity contribution in [1.82, 2.24) is 9.88 Å². The lowest BCUT2D eigenvalue weighted by molar-refractivity contribution is 0.0527. The minimum Gasteiger partial charge on any atom is -0.462 e. The zero-order chi connectivity index (χ0) is 19.2. The monoisotopic (exact) mass is 369 g/mol. The second kappa shape index (κ2) is 8.39. The lowest BCUT2D eigenvalue weighted by atomic mass is 10.2. The Labute approximate surface area is 157 Å². The third-order valence-electron chi connectivity index (χ3n) is 4.33. The molecule has 27 heavy (non-hydrogen) atoms. The van der Waals surface area contributed by atoms with Gasteiger partial charge < -0.3 is 25.6 Å². The van der Waals surface area contributed by atoms with Crippen molar-refractivity contribution in [2.24, 2.45) is 0 Å². The lowest BCUT2D eigenvalue weighted by Crippen LogP contribution is -2.50. The number of pyridine rings is 1. The van der Waals surface area contributed by atoms with Crippen molar-refractivity contribution >= 4 is 29.2 Å². The van der Waals surface area contributed by atoms with Crippen molar-refractivity contribution in [1.29, 1.82) is 0 Å². The van der Waals surface area contributed by atoms with Crippen molar-refractivity contribution in [2.45, 2.75) is 6.92 Å². The molecule has 1 fully saturated rings. The summed E-state index contributed by atoms with van der Waals surface area (Å²) in [5, 5.41) is 2.82. The Morgan fingerprint density at radius 1 is 1.15 bits per heavy atom. The summed E-state index contributed by atoms with van der Waals surface area (Å²) in [6.45, 7) is 4.48. The number of nitrogens with one attached hydrogen (secondary N) is 1. The Hall–Kier alpha value is -3.29. The van der Waals surface area contributed by atoms with Gasteiger partial charge in [0.2, 0.25) is 0 Å². The highest BCUT2D eigenvalue weighted by Crippen LogP contribution is 2.18. The average molecular weight is 369 g/mol. The van der Waals surface area contributed by atoms with Crippen LogP contribution in [0.15, 0.2) is 42.6 Å². The largest absolute Gasteiger partial charge is 0.462 e. The fourth-order valence-electron chi connectivity index (χ4n) is 2.90. The zero-order valence-electron chi connectivity index (χ0n) is 15.2. The van der Waals surface area contributed by atoms with Gasteiger partial charge in [-0.3, -0.25) is 0 Å². The molecule has 1 aromatic carbocycles. The molecule has 0 radical (unpaired) electrons. The van der Waals surface area contributed by atoms with E-state index in [1.807, 2.05) is 12.1 Å². The number of aromatic nitrogens is 1. The zero-order valence-corrected chi connectivity index (χ0v) is 15.2. The van der Waals surface area contributed by atoms with Gasteiger partial charge in [-0.25, -0.2) is 14.6 Å². The number of carbonyl (C=O) groups excluding carboxylic acids is 2. The second-order valence-corrected chi connectivity index (χ2v) is 6.12. The van der Waals surface area contributed by atoms with Crippen LogP contribution in [-0.2, 0) is 4.74 Å². The van der Waals surface area contributed by atoms with E-state index in [2.05, 4.69) is 15.2 Å². The molecule has 1 saturated heterocycles. The predicted octanol–water partition coefficient (Wildman–Crippen LogP) is 2.19. The number of rotatable bonds is 4. The van der Waals surface area contributed by atoms with Crippen LogP contribution in [0.5, 0.6) is 0 Å². The van der Waals surface area contributed by atoms with Gasteiger partial charge in [-0.15, -0.1) is 0 Å². The highest BCUT2D eigenvalue weighted by Gasteiger charge is 2.23. The predicted molar refractivity (Wildman–Crippen MR) is 104 cm³/mol. The lowest BCUT2D eigenvalue weighted by Gasteiger charge is -2.35. The van der Waals surface area contributed by atoms with Crippen LogP contribution >= 0.6 is 0 Å². The van der Waals surface area contributed by atoms with E-state index >= 15 is 0 Å². The smallest absolute Gasteiger partial charge is 0.340 e. The number of esters is 1. The molecule has 8 nitrogen and oxygen atoms in total. The molecule has 3 rings (SSSR count). The summed E-state index contributed by atoms with van der Waals surface area (Å²) in [7, 11) is 0. The van der Waals surface area contributed by atoms with Gasteiger partial charge in [-0.05, 0) is 31.2 Å². The van der Waals surface area contributed by atoms with Crippen LogP contribution in [0, 0.1) is 0 Å². The number of nitrogens with two attached hydrogens (primary N) is 1. The third kappa shape index (κ3) is 4.46. The van der Waals surface area contributed by atoms with Crippen LogP contribution in [0.2, 0.25) is 0 Å². The van der Waals surface area contributed by atoms with Crippen LogP contribution < -0.4 is 16.0 Å². The van der Waals surface area contributed by atoms with E-state index in [4.69, 9.17) is 10.5 Å². The van der Waals surface area contributed by atoms with E-state index in [9.17, 15) is 9.59 Å². The maximum Gasteiger partial charge on any atom is 0.340 e. The minimum atomic E-state index is -0.451.